The van der Waals surface area contributed by atoms with Crippen molar-refractivity contribution in [1.29, 1.82) is 0 Å². The van der Waals surface area contributed by atoms with Crippen molar-refractivity contribution in [3.05, 3.63) is 27.5 Å². The lowest BCUT2D eigenvalue weighted by atomic mass is 10.1. The van der Waals surface area contributed by atoms with Crippen molar-refractivity contribution in [2.24, 2.45) is 0 Å². The molecule has 2 aromatic heterocycles. The van der Waals surface area contributed by atoms with Gasteiger partial charge in [0.25, 0.3) is 0 Å². The van der Waals surface area contributed by atoms with Gasteiger partial charge < -0.3 is 5.32 Å². The van der Waals surface area contributed by atoms with E-state index in [-0.39, 0.29) is 5.91 Å². The van der Waals surface area contributed by atoms with Crippen molar-refractivity contribution in [1.82, 2.24) is 14.8 Å². The molecule has 2 aromatic rings. The van der Waals surface area contributed by atoms with Crippen LogP contribution in [0.5, 0.6) is 0 Å². The quantitative estimate of drug-likeness (QED) is 0.944. The van der Waals surface area contributed by atoms with Gasteiger partial charge in [-0.2, -0.15) is 5.10 Å². The molecule has 0 aromatic carbocycles. The summed E-state index contributed by atoms with van der Waals surface area (Å²) in [7, 11) is 0. The number of fused-ring (bicyclic) bond motifs is 1. The number of carbonyl (C=O) groups excluding carboxylic acids is 1. The molecule has 0 unspecified atom stereocenters. The number of carbonyl (C=O) groups is 1. The molecule has 0 saturated carbocycles. The molecule has 6 heteroatoms. The summed E-state index contributed by atoms with van der Waals surface area (Å²) < 4.78 is 2.00. The first-order chi connectivity index (χ1) is 9.63. The Bertz CT molecular complexity index is 644. The third-order valence-corrected chi connectivity index (χ3v) is 4.65. The maximum atomic E-state index is 12.2. The number of hydrogen-bond acceptors (Lipinski definition) is 4. The van der Waals surface area contributed by atoms with Crippen LogP contribution in [-0.4, -0.2) is 20.7 Å². The molecule has 20 heavy (non-hydrogen) atoms. The van der Waals surface area contributed by atoms with Gasteiger partial charge in [0.15, 0.2) is 0 Å². The molecule has 5 nitrogen and oxygen atoms in total. The van der Waals surface area contributed by atoms with Crippen molar-refractivity contribution in [2.75, 3.05) is 5.32 Å². The van der Waals surface area contributed by atoms with Crippen LogP contribution in [0.1, 0.15) is 34.1 Å². The normalized spacial score (nSPS) is 14.1. The van der Waals surface area contributed by atoms with E-state index in [2.05, 4.69) is 15.4 Å². The van der Waals surface area contributed by atoms with Gasteiger partial charge in [-0.3, -0.25) is 9.48 Å². The number of nitrogens with one attached hydrogen (secondary N) is 1. The van der Waals surface area contributed by atoms with Gasteiger partial charge in [-0.15, -0.1) is 11.3 Å². The average Bonchev–Trinajstić information content (AvgIpc) is 2.94. The van der Waals surface area contributed by atoms with E-state index in [1.807, 2.05) is 18.5 Å². The predicted molar refractivity (Wildman–Crippen MR) is 79.1 cm³/mol. The van der Waals surface area contributed by atoms with Crippen molar-refractivity contribution in [2.45, 2.75) is 46.1 Å². The Labute approximate surface area is 122 Å². The van der Waals surface area contributed by atoms with Crippen molar-refractivity contribution >= 4 is 22.9 Å². The van der Waals surface area contributed by atoms with E-state index in [1.54, 1.807) is 17.5 Å². The number of nitrogens with zero attached hydrogens (tertiary/aromatic N) is 3. The molecule has 0 fully saturated rings. The first-order valence-corrected chi connectivity index (χ1v) is 7.72. The van der Waals surface area contributed by atoms with Crippen LogP contribution in [-0.2, 0) is 24.2 Å². The summed E-state index contributed by atoms with van der Waals surface area (Å²) in [4.78, 5) is 17.6. The van der Waals surface area contributed by atoms with Gasteiger partial charge >= 0.3 is 0 Å². The SMILES string of the molecule is Cc1nc(C)c(CC(=O)Nc2cnn3c2CCCC3)s1. The minimum atomic E-state index is 0.0122. The lowest BCUT2D eigenvalue weighted by Crippen LogP contribution is -2.17. The van der Waals surface area contributed by atoms with Gasteiger partial charge in [0, 0.05) is 11.4 Å². The fraction of sp³-hybridized carbons (Fsp3) is 0.500. The summed E-state index contributed by atoms with van der Waals surface area (Å²) in [5.41, 5.74) is 2.98. The predicted octanol–water partition coefficient (Wildman–Crippen LogP) is 2.47. The van der Waals surface area contributed by atoms with Crippen LogP contribution in [0.4, 0.5) is 5.69 Å². The molecule has 3 rings (SSSR count). The first-order valence-electron chi connectivity index (χ1n) is 6.91. The van der Waals surface area contributed by atoms with E-state index < -0.39 is 0 Å². The number of aryl methyl sites for hydroxylation is 3. The van der Waals surface area contributed by atoms with Crippen molar-refractivity contribution < 1.29 is 4.79 Å². The maximum Gasteiger partial charge on any atom is 0.229 e. The fourth-order valence-corrected chi connectivity index (χ4v) is 3.54. The maximum absolute atomic E-state index is 12.2. The number of thiazole rings is 1. The number of anilines is 1. The van der Waals surface area contributed by atoms with Crippen LogP contribution in [0.2, 0.25) is 0 Å². The van der Waals surface area contributed by atoms with Gasteiger partial charge in [0.1, 0.15) is 0 Å². The minimum absolute atomic E-state index is 0.0122. The lowest BCUT2D eigenvalue weighted by molar-refractivity contribution is -0.115. The molecule has 1 N–H and O–H groups in total. The molecule has 0 spiro atoms. The lowest BCUT2D eigenvalue weighted by Gasteiger charge is -2.14. The number of hydrogen-bond donors (Lipinski definition) is 1. The highest BCUT2D eigenvalue weighted by Crippen LogP contribution is 2.23. The van der Waals surface area contributed by atoms with E-state index in [1.165, 1.54) is 12.8 Å². The monoisotopic (exact) mass is 290 g/mol. The van der Waals surface area contributed by atoms with E-state index >= 15 is 0 Å². The van der Waals surface area contributed by atoms with Crippen molar-refractivity contribution in [3.8, 4) is 0 Å². The Morgan fingerprint density at radius 3 is 3.05 bits per heavy atom. The second kappa shape index (κ2) is 5.36. The molecule has 0 aliphatic carbocycles. The molecule has 0 saturated heterocycles. The summed E-state index contributed by atoms with van der Waals surface area (Å²) in [6, 6.07) is 0. The fourth-order valence-electron chi connectivity index (χ4n) is 2.60. The molecule has 0 radical (unpaired) electrons. The molecule has 0 atom stereocenters. The largest absolute Gasteiger partial charge is 0.323 e. The van der Waals surface area contributed by atoms with Crippen LogP contribution in [0, 0.1) is 13.8 Å². The average molecular weight is 290 g/mol. The summed E-state index contributed by atoms with van der Waals surface area (Å²) in [6.07, 6.45) is 5.49. The second-order valence-electron chi connectivity index (χ2n) is 5.15. The Hall–Kier alpha value is -1.69. The van der Waals surface area contributed by atoms with Gasteiger partial charge in [-0.1, -0.05) is 0 Å². The summed E-state index contributed by atoms with van der Waals surface area (Å²) in [6.45, 7) is 4.87. The summed E-state index contributed by atoms with van der Waals surface area (Å²) in [5, 5.41) is 8.33. The molecule has 1 amide bonds. The van der Waals surface area contributed by atoms with E-state index in [9.17, 15) is 4.79 Å². The minimum Gasteiger partial charge on any atom is -0.323 e. The van der Waals surface area contributed by atoms with Crippen LogP contribution < -0.4 is 5.32 Å². The Morgan fingerprint density at radius 2 is 2.30 bits per heavy atom. The highest BCUT2D eigenvalue weighted by atomic mass is 32.1. The Balaban J connectivity index is 1.70. The van der Waals surface area contributed by atoms with Crippen LogP contribution in [0.15, 0.2) is 6.20 Å². The van der Waals surface area contributed by atoms with Crippen LogP contribution in [0.25, 0.3) is 0 Å². The topological polar surface area (TPSA) is 59.8 Å². The Kier molecular flexibility index (Phi) is 3.56. The molecule has 1 aliphatic rings. The molecular formula is C14H18N4OS. The molecule has 1 aliphatic heterocycles. The number of amides is 1. The van der Waals surface area contributed by atoms with Gasteiger partial charge in [-0.05, 0) is 33.1 Å². The number of rotatable bonds is 3. The third-order valence-electron chi connectivity index (χ3n) is 3.58. The molecule has 3 heterocycles. The zero-order chi connectivity index (χ0) is 14.1. The van der Waals surface area contributed by atoms with E-state index in [4.69, 9.17) is 0 Å². The van der Waals surface area contributed by atoms with Crippen LogP contribution >= 0.6 is 11.3 Å². The second-order valence-corrected chi connectivity index (χ2v) is 6.44. The van der Waals surface area contributed by atoms with Crippen molar-refractivity contribution in [3.63, 3.8) is 0 Å². The molecule has 0 bridgehead atoms. The molecular weight excluding hydrogens is 272 g/mol. The third kappa shape index (κ3) is 2.60. The summed E-state index contributed by atoms with van der Waals surface area (Å²) in [5.74, 6) is 0.0122. The standard InChI is InChI=1S/C14H18N4OS/c1-9-13(20-10(2)16-9)7-14(19)17-11-8-15-18-6-4-3-5-12(11)18/h8H,3-7H2,1-2H3,(H,17,19). The smallest absolute Gasteiger partial charge is 0.229 e. The Morgan fingerprint density at radius 1 is 1.45 bits per heavy atom. The number of aromatic nitrogens is 3. The zero-order valence-corrected chi connectivity index (χ0v) is 12.6. The first kappa shape index (κ1) is 13.3. The van der Waals surface area contributed by atoms with Gasteiger partial charge in [0.05, 0.1) is 34.7 Å². The van der Waals surface area contributed by atoms with E-state index in [0.717, 1.165) is 39.9 Å². The highest BCUT2D eigenvalue weighted by molar-refractivity contribution is 7.11. The van der Waals surface area contributed by atoms with E-state index in [0.29, 0.717) is 6.42 Å². The van der Waals surface area contributed by atoms with Crippen LogP contribution in [0.3, 0.4) is 0 Å². The van der Waals surface area contributed by atoms with Gasteiger partial charge in [-0.25, -0.2) is 4.98 Å². The molecule has 106 valence electrons. The van der Waals surface area contributed by atoms with Gasteiger partial charge in [0.2, 0.25) is 5.91 Å². The zero-order valence-electron chi connectivity index (χ0n) is 11.8. The summed E-state index contributed by atoms with van der Waals surface area (Å²) >= 11 is 1.59. The highest BCUT2D eigenvalue weighted by Gasteiger charge is 2.17.